The molecular formula is C7H18. The van der Waals surface area contributed by atoms with E-state index in [4.69, 9.17) is 2.74 Å². The molecule has 0 fully saturated rings. The van der Waals surface area contributed by atoms with Gasteiger partial charge in [0.05, 0.1) is 0 Å². The second kappa shape index (κ2) is 16.7. The van der Waals surface area contributed by atoms with Crippen LogP contribution in [0.4, 0.5) is 0 Å². The highest BCUT2D eigenvalue weighted by Crippen LogP contribution is 1.76. The van der Waals surface area contributed by atoms with E-state index in [1.807, 2.05) is 27.7 Å². The molecule has 0 saturated heterocycles. The first-order chi connectivity index (χ1) is 4.00. The summed E-state index contributed by atoms with van der Waals surface area (Å²) >= 11 is 0. The van der Waals surface area contributed by atoms with Crippen LogP contribution >= 0.6 is 0 Å². The van der Waals surface area contributed by atoms with Gasteiger partial charge in [0, 0.05) is 2.74 Å². The Labute approximate surface area is 50.7 Å². The van der Waals surface area contributed by atoms with Crippen molar-refractivity contribution in [3.63, 3.8) is 0 Å². The molecule has 0 rings (SSSR count). The van der Waals surface area contributed by atoms with Crippen molar-refractivity contribution in [1.29, 1.82) is 0 Å². The van der Waals surface area contributed by atoms with Crippen LogP contribution in [0.3, 0.4) is 0 Å². The molecule has 0 heteroatoms. The predicted octanol–water partition coefficient (Wildman–Crippen LogP) is 3.22. The van der Waals surface area contributed by atoms with Gasteiger partial charge >= 0.3 is 0 Å². The third-order valence-corrected chi connectivity index (χ3v) is 0.408. The Morgan fingerprint density at radius 2 is 1.29 bits per heavy atom. The van der Waals surface area contributed by atoms with Gasteiger partial charge in [-0.05, 0) is 0 Å². The Kier molecular flexibility index (Phi) is 12.2. The molecule has 0 spiro atoms. The number of rotatable bonds is 1. The Bertz CT molecular complexity index is 39.4. The van der Waals surface area contributed by atoms with E-state index in [9.17, 15) is 0 Å². The highest BCUT2D eigenvalue weighted by Gasteiger charge is 1.56. The summed E-state index contributed by atoms with van der Waals surface area (Å²) in [5, 5.41) is 0. The normalized spacial score (nSPS) is 16.1. The summed E-state index contributed by atoms with van der Waals surface area (Å²) in [6.07, 6.45) is 1.19. The van der Waals surface area contributed by atoms with E-state index in [1.54, 1.807) is 0 Å². The highest BCUT2D eigenvalue weighted by atomic mass is 13.6. The summed E-state index contributed by atoms with van der Waals surface area (Å²) in [5.41, 5.74) is 0. The zero-order valence-corrected chi connectivity index (χ0v) is 5.86. The van der Waals surface area contributed by atoms with Crippen molar-refractivity contribution >= 4 is 0 Å². The minimum atomic E-state index is 0.0833. The van der Waals surface area contributed by atoms with E-state index in [1.165, 1.54) is 0 Å². The Balaban J connectivity index is 0. The van der Waals surface area contributed by atoms with Crippen molar-refractivity contribution < 1.29 is 2.74 Å². The summed E-state index contributed by atoms with van der Waals surface area (Å²) < 4.78 is 13.4. The zero-order chi connectivity index (χ0) is 7.86. The van der Waals surface area contributed by atoms with E-state index < -0.39 is 0 Å². The SMILES string of the molecule is [2H]C(C)C.[2H]C(C)CC. The lowest BCUT2D eigenvalue weighted by molar-refractivity contribution is 0.886. The molecular weight excluding hydrogens is 84.1 g/mol. The van der Waals surface area contributed by atoms with Crippen LogP contribution in [0.5, 0.6) is 0 Å². The van der Waals surface area contributed by atoms with E-state index in [2.05, 4.69) is 0 Å². The smallest absolute Gasteiger partial charge is 0.0264 e. The highest BCUT2D eigenvalue weighted by molar-refractivity contribution is 4.12. The van der Waals surface area contributed by atoms with Crippen molar-refractivity contribution in [1.82, 2.24) is 0 Å². The van der Waals surface area contributed by atoms with Crippen molar-refractivity contribution in [2.24, 2.45) is 0 Å². The van der Waals surface area contributed by atoms with Crippen molar-refractivity contribution in [3.8, 4) is 0 Å². The minimum absolute atomic E-state index is 0.0833. The number of hydrogen-bond donors (Lipinski definition) is 0. The fourth-order valence-electron chi connectivity index (χ4n) is 0. The topological polar surface area (TPSA) is 0 Å². The summed E-state index contributed by atoms with van der Waals surface area (Å²) in [5.74, 6) is 0. The van der Waals surface area contributed by atoms with Crippen molar-refractivity contribution in [2.75, 3.05) is 0 Å². The first kappa shape index (κ1) is 5.14. The third kappa shape index (κ3) is 96.0. The summed E-state index contributed by atoms with van der Waals surface area (Å²) in [6, 6.07) is 0. The maximum Gasteiger partial charge on any atom is 0.0264 e. The Hall–Kier alpha value is 0. The molecule has 46 valence electrons. The molecule has 0 aromatic carbocycles. The molecule has 0 aliphatic heterocycles. The van der Waals surface area contributed by atoms with Crippen LogP contribution in [-0.4, -0.2) is 0 Å². The standard InChI is InChI=1S/C4H10.C3H8/c1-3-4-2;1-3-2/h3-4H2,1-2H3;3H2,1-2H3/i2*3D. The van der Waals surface area contributed by atoms with Crippen LogP contribution in [0, 0.1) is 0 Å². The van der Waals surface area contributed by atoms with Gasteiger partial charge in [-0.1, -0.05) is 46.9 Å². The van der Waals surface area contributed by atoms with Gasteiger partial charge in [-0.2, -0.15) is 0 Å². The molecule has 0 aromatic heterocycles. The molecule has 1 unspecified atom stereocenters. The van der Waals surface area contributed by atoms with E-state index in [0.717, 1.165) is 6.42 Å². The molecule has 0 nitrogen and oxygen atoms in total. The molecule has 0 aromatic rings. The third-order valence-electron chi connectivity index (χ3n) is 0.408. The molecule has 0 aliphatic rings. The lowest BCUT2D eigenvalue weighted by atomic mass is 10.4. The Morgan fingerprint density at radius 1 is 1.14 bits per heavy atom. The van der Waals surface area contributed by atoms with Crippen LogP contribution < -0.4 is 0 Å². The molecule has 0 bridgehead atoms. The molecule has 7 heavy (non-hydrogen) atoms. The van der Waals surface area contributed by atoms with E-state index in [-0.39, 0.29) is 12.8 Å². The second-order valence-corrected chi connectivity index (χ2v) is 1.39. The summed E-state index contributed by atoms with van der Waals surface area (Å²) in [6.45, 7) is 7.57. The fourth-order valence-corrected chi connectivity index (χ4v) is 0. The monoisotopic (exact) mass is 104 g/mol. The summed E-state index contributed by atoms with van der Waals surface area (Å²) in [4.78, 5) is 0. The van der Waals surface area contributed by atoms with Gasteiger partial charge in [0.25, 0.3) is 0 Å². The summed E-state index contributed by atoms with van der Waals surface area (Å²) in [7, 11) is 0. The average molecular weight is 104 g/mol. The van der Waals surface area contributed by atoms with Crippen molar-refractivity contribution in [3.05, 3.63) is 0 Å². The van der Waals surface area contributed by atoms with Gasteiger partial charge < -0.3 is 0 Å². The van der Waals surface area contributed by atoms with Crippen molar-refractivity contribution in [2.45, 2.75) is 46.9 Å². The van der Waals surface area contributed by atoms with Gasteiger partial charge in [-0.25, -0.2) is 0 Å². The van der Waals surface area contributed by atoms with Crippen LogP contribution in [-0.2, 0) is 0 Å². The van der Waals surface area contributed by atoms with Gasteiger partial charge in [-0.3, -0.25) is 0 Å². The largest absolute Gasteiger partial charge is 0.0656 e. The first-order valence-corrected chi connectivity index (χ1v) is 2.85. The molecule has 0 aliphatic carbocycles. The van der Waals surface area contributed by atoms with Gasteiger partial charge in [0.15, 0.2) is 0 Å². The zero-order valence-electron chi connectivity index (χ0n) is 7.86. The lowest BCUT2D eigenvalue weighted by Crippen LogP contribution is -1.47. The molecule has 0 N–H and O–H groups in total. The maximum absolute atomic E-state index is 6.83. The molecule has 0 amide bonds. The van der Waals surface area contributed by atoms with Crippen LogP contribution in [0.1, 0.15) is 49.7 Å². The van der Waals surface area contributed by atoms with Crippen LogP contribution in [0.15, 0.2) is 0 Å². The quantitative estimate of drug-likeness (QED) is 0.479. The van der Waals surface area contributed by atoms with Gasteiger partial charge in [0.2, 0.25) is 0 Å². The second-order valence-electron chi connectivity index (χ2n) is 1.39. The maximum atomic E-state index is 6.83. The molecule has 0 heterocycles. The van der Waals surface area contributed by atoms with E-state index >= 15 is 0 Å². The minimum Gasteiger partial charge on any atom is -0.0656 e. The van der Waals surface area contributed by atoms with E-state index in [0.29, 0.717) is 0 Å². The van der Waals surface area contributed by atoms with Crippen LogP contribution in [0.25, 0.3) is 0 Å². The van der Waals surface area contributed by atoms with Gasteiger partial charge in [-0.15, -0.1) is 0 Å². The van der Waals surface area contributed by atoms with Crippen LogP contribution in [0.2, 0.25) is 0 Å². The fraction of sp³-hybridized carbons (Fsp3) is 1.00. The molecule has 1 atom stereocenters. The lowest BCUT2D eigenvalue weighted by Gasteiger charge is -1.68. The molecule has 0 radical (unpaired) electrons. The predicted molar refractivity (Wildman–Crippen MR) is 36.5 cm³/mol. The number of hydrogen-bond acceptors (Lipinski definition) is 0. The average Bonchev–Trinajstić information content (AvgIpc) is 1.65. The molecule has 0 saturated carbocycles. The Morgan fingerprint density at radius 3 is 1.29 bits per heavy atom. The van der Waals surface area contributed by atoms with Gasteiger partial charge in [0.1, 0.15) is 0 Å². The first-order valence-electron chi connectivity index (χ1n) is 4.00.